The van der Waals surface area contributed by atoms with Crippen molar-refractivity contribution in [2.24, 2.45) is 7.05 Å². The second kappa shape index (κ2) is 9.92. The topological polar surface area (TPSA) is 147 Å². The average molecular weight is 527 g/mol. The number of urea groups is 1. The number of hydrogen-bond acceptors (Lipinski definition) is 5. The van der Waals surface area contributed by atoms with Crippen LogP contribution in [0.3, 0.4) is 0 Å². The zero-order valence-corrected chi connectivity index (χ0v) is 20.3. The van der Waals surface area contributed by atoms with Crippen molar-refractivity contribution < 1.29 is 27.9 Å². The molecule has 0 saturated heterocycles. The van der Waals surface area contributed by atoms with E-state index in [1.54, 1.807) is 29.8 Å². The van der Waals surface area contributed by atoms with Gasteiger partial charge in [0.2, 0.25) is 0 Å². The molecule has 0 spiro atoms. The molecule has 1 atom stereocenters. The molecule has 180 valence electrons. The number of carboxylic acid groups (broad SMARTS) is 1. The van der Waals surface area contributed by atoms with Gasteiger partial charge in [-0.2, -0.15) is 0 Å². The summed E-state index contributed by atoms with van der Waals surface area (Å²) in [6.45, 7) is 1.43. The SMILES string of the molecule is C[C@H](CC(=O)O)NC(=O)NS(=O)(=O)c1ccc(NC(=O)c2cc3c(Cl)c(Cl)ccc3n2C)cc1. The number of rotatable bonds is 7. The Morgan fingerprint density at radius 2 is 1.74 bits per heavy atom. The molecule has 0 unspecified atom stereocenters. The van der Waals surface area contributed by atoms with E-state index in [0.29, 0.717) is 32.3 Å². The van der Waals surface area contributed by atoms with Crippen LogP contribution >= 0.6 is 23.2 Å². The molecule has 2 aromatic carbocycles. The molecule has 0 aliphatic carbocycles. The third-order valence-electron chi connectivity index (χ3n) is 4.85. The number of amides is 3. The zero-order valence-electron chi connectivity index (χ0n) is 17.9. The summed E-state index contributed by atoms with van der Waals surface area (Å²) in [6, 6.07) is 8.30. The van der Waals surface area contributed by atoms with Crippen molar-refractivity contribution in [3.63, 3.8) is 0 Å². The maximum Gasteiger partial charge on any atom is 0.328 e. The maximum absolute atomic E-state index is 12.8. The minimum Gasteiger partial charge on any atom is -0.481 e. The summed E-state index contributed by atoms with van der Waals surface area (Å²) in [4.78, 5) is 35.1. The average Bonchev–Trinajstić information content (AvgIpc) is 3.07. The quantitative estimate of drug-likeness (QED) is 0.369. The first kappa shape index (κ1) is 25.3. The van der Waals surface area contributed by atoms with Gasteiger partial charge < -0.3 is 20.3 Å². The summed E-state index contributed by atoms with van der Waals surface area (Å²) < 4.78 is 28.3. The Bertz CT molecular complexity index is 1390. The van der Waals surface area contributed by atoms with Crippen LogP contribution in [0.4, 0.5) is 10.5 Å². The highest BCUT2D eigenvalue weighted by Crippen LogP contribution is 2.32. The predicted molar refractivity (Wildman–Crippen MR) is 128 cm³/mol. The number of sulfonamides is 1. The van der Waals surface area contributed by atoms with Gasteiger partial charge in [0, 0.05) is 29.7 Å². The van der Waals surface area contributed by atoms with E-state index in [0.717, 1.165) is 0 Å². The van der Waals surface area contributed by atoms with E-state index in [-0.39, 0.29) is 11.3 Å². The standard InChI is InChI=1S/C21H20Cl2N4O6S/c1-11(9-18(28)29)24-21(31)26-34(32,33)13-5-3-12(4-6-13)25-20(30)17-10-14-16(27(17)2)8-7-15(22)19(14)23/h3-8,10-11H,9H2,1-2H3,(H,25,30)(H,28,29)(H2,24,26,31)/t11-/m1/s1. The number of carbonyl (C=O) groups excluding carboxylic acids is 2. The third-order valence-corrected chi connectivity index (χ3v) is 7.02. The number of benzene rings is 2. The van der Waals surface area contributed by atoms with Gasteiger partial charge in [-0.05, 0) is 49.4 Å². The van der Waals surface area contributed by atoms with E-state index >= 15 is 0 Å². The summed E-state index contributed by atoms with van der Waals surface area (Å²) in [5.41, 5.74) is 1.34. The van der Waals surface area contributed by atoms with Gasteiger partial charge in [-0.3, -0.25) is 9.59 Å². The fourth-order valence-electron chi connectivity index (χ4n) is 3.23. The molecule has 0 radical (unpaired) electrons. The Balaban J connectivity index is 1.71. The summed E-state index contributed by atoms with van der Waals surface area (Å²) in [6.07, 6.45) is -0.363. The first-order valence-corrected chi connectivity index (χ1v) is 12.0. The van der Waals surface area contributed by atoms with Crippen molar-refractivity contribution in [1.29, 1.82) is 0 Å². The van der Waals surface area contributed by atoms with E-state index in [2.05, 4.69) is 10.6 Å². The smallest absolute Gasteiger partial charge is 0.328 e. The number of anilines is 1. The van der Waals surface area contributed by atoms with Crippen LogP contribution in [0.2, 0.25) is 10.0 Å². The highest BCUT2D eigenvalue weighted by atomic mass is 35.5. The third kappa shape index (κ3) is 5.61. The fraction of sp³-hybridized carbons (Fsp3) is 0.190. The number of nitrogens with one attached hydrogen (secondary N) is 3. The summed E-state index contributed by atoms with van der Waals surface area (Å²) in [5, 5.41) is 14.9. The largest absolute Gasteiger partial charge is 0.481 e. The van der Waals surface area contributed by atoms with Crippen molar-refractivity contribution in [1.82, 2.24) is 14.6 Å². The van der Waals surface area contributed by atoms with Crippen LogP contribution in [0.5, 0.6) is 0 Å². The molecule has 34 heavy (non-hydrogen) atoms. The number of hydrogen-bond donors (Lipinski definition) is 4. The molecule has 3 amide bonds. The van der Waals surface area contributed by atoms with Crippen molar-refractivity contribution >= 4 is 67.7 Å². The lowest BCUT2D eigenvalue weighted by atomic mass is 10.2. The first-order valence-electron chi connectivity index (χ1n) is 9.79. The summed E-state index contributed by atoms with van der Waals surface area (Å²) >= 11 is 12.3. The van der Waals surface area contributed by atoms with E-state index in [1.807, 2.05) is 4.72 Å². The predicted octanol–water partition coefficient (Wildman–Crippen LogP) is 3.59. The Hall–Kier alpha value is -3.28. The lowest BCUT2D eigenvalue weighted by Gasteiger charge is -2.13. The molecule has 4 N–H and O–H groups in total. The van der Waals surface area contributed by atoms with Gasteiger partial charge in [-0.25, -0.2) is 17.9 Å². The van der Waals surface area contributed by atoms with Crippen LogP contribution in [-0.2, 0) is 21.9 Å². The van der Waals surface area contributed by atoms with Crippen molar-refractivity contribution in [2.75, 3.05) is 5.32 Å². The van der Waals surface area contributed by atoms with E-state index < -0.39 is 34.0 Å². The number of carboxylic acids is 1. The minimum absolute atomic E-state index is 0.224. The van der Waals surface area contributed by atoms with Gasteiger partial charge in [0.1, 0.15) is 5.69 Å². The van der Waals surface area contributed by atoms with Crippen LogP contribution in [0.15, 0.2) is 47.4 Å². The summed E-state index contributed by atoms with van der Waals surface area (Å²) in [7, 11) is -2.52. The number of carbonyl (C=O) groups is 3. The molecular formula is C21H20Cl2N4O6S. The van der Waals surface area contributed by atoms with Gasteiger partial charge in [0.15, 0.2) is 0 Å². The molecule has 0 bridgehead atoms. The van der Waals surface area contributed by atoms with Gasteiger partial charge >= 0.3 is 12.0 Å². The Kier molecular flexibility index (Phi) is 7.39. The molecule has 3 aromatic rings. The van der Waals surface area contributed by atoms with Crippen LogP contribution in [0.25, 0.3) is 10.9 Å². The molecule has 0 fully saturated rings. The molecule has 0 aliphatic rings. The zero-order chi connectivity index (χ0) is 25.2. The molecular weight excluding hydrogens is 507 g/mol. The number of aliphatic carboxylic acids is 1. The monoisotopic (exact) mass is 526 g/mol. The van der Waals surface area contributed by atoms with Crippen molar-refractivity contribution in [3.8, 4) is 0 Å². The lowest BCUT2D eigenvalue weighted by Crippen LogP contribution is -2.44. The lowest BCUT2D eigenvalue weighted by molar-refractivity contribution is -0.137. The number of fused-ring (bicyclic) bond motifs is 1. The van der Waals surface area contributed by atoms with Gasteiger partial charge in [0.25, 0.3) is 15.9 Å². The maximum atomic E-state index is 12.8. The van der Waals surface area contributed by atoms with Gasteiger partial charge in [0.05, 0.1) is 21.4 Å². The fourth-order valence-corrected chi connectivity index (χ4v) is 4.52. The molecule has 3 rings (SSSR count). The Morgan fingerprint density at radius 1 is 1.09 bits per heavy atom. The minimum atomic E-state index is -4.22. The highest BCUT2D eigenvalue weighted by molar-refractivity contribution is 7.90. The normalized spacial score (nSPS) is 12.2. The van der Waals surface area contributed by atoms with Gasteiger partial charge in [-0.1, -0.05) is 23.2 Å². The molecule has 1 heterocycles. The number of aromatic nitrogens is 1. The first-order chi connectivity index (χ1) is 15.9. The van der Waals surface area contributed by atoms with E-state index in [1.165, 1.54) is 31.2 Å². The second-order valence-corrected chi connectivity index (χ2v) is 9.91. The van der Waals surface area contributed by atoms with Crippen LogP contribution < -0.4 is 15.4 Å². The van der Waals surface area contributed by atoms with Crippen LogP contribution in [0.1, 0.15) is 23.8 Å². The molecule has 13 heteroatoms. The number of nitrogens with zero attached hydrogens (tertiary/aromatic N) is 1. The Labute approximate surface area is 204 Å². The number of halogens is 2. The molecule has 0 aliphatic heterocycles. The van der Waals surface area contributed by atoms with Crippen LogP contribution in [-0.4, -0.2) is 42.0 Å². The summed E-state index contributed by atoms with van der Waals surface area (Å²) in [5.74, 6) is -1.59. The van der Waals surface area contributed by atoms with Crippen molar-refractivity contribution in [3.05, 3.63) is 58.2 Å². The van der Waals surface area contributed by atoms with E-state index in [4.69, 9.17) is 28.3 Å². The Morgan fingerprint density at radius 3 is 2.35 bits per heavy atom. The molecule has 1 aromatic heterocycles. The highest BCUT2D eigenvalue weighted by Gasteiger charge is 2.20. The number of aryl methyl sites for hydroxylation is 1. The second-order valence-electron chi connectivity index (χ2n) is 7.44. The van der Waals surface area contributed by atoms with Crippen LogP contribution in [0, 0.1) is 0 Å². The van der Waals surface area contributed by atoms with Crippen molar-refractivity contribution in [2.45, 2.75) is 24.3 Å². The molecule has 10 nitrogen and oxygen atoms in total. The van der Waals surface area contributed by atoms with Gasteiger partial charge in [-0.15, -0.1) is 0 Å². The molecule has 0 saturated carbocycles. The van der Waals surface area contributed by atoms with E-state index in [9.17, 15) is 22.8 Å².